The summed E-state index contributed by atoms with van der Waals surface area (Å²) in [5.74, 6) is -0.260. The largest absolute Gasteiger partial charge is 0.481 e. The summed E-state index contributed by atoms with van der Waals surface area (Å²) in [7, 11) is 0. The van der Waals surface area contributed by atoms with Gasteiger partial charge >= 0.3 is 5.97 Å². The lowest BCUT2D eigenvalue weighted by atomic mass is 9.97. The summed E-state index contributed by atoms with van der Waals surface area (Å²) in [6.45, 7) is 6.86. The zero-order valence-corrected chi connectivity index (χ0v) is 10.1. The fourth-order valence-corrected chi connectivity index (χ4v) is 3.07. The molecule has 2 aliphatic heterocycles. The van der Waals surface area contributed by atoms with Crippen molar-refractivity contribution in [1.82, 2.24) is 4.90 Å². The van der Waals surface area contributed by atoms with Gasteiger partial charge in [-0.15, -0.1) is 0 Å². The molecule has 4 atom stereocenters. The van der Waals surface area contributed by atoms with E-state index in [1.54, 1.807) is 0 Å². The first-order chi connectivity index (χ1) is 7.61. The van der Waals surface area contributed by atoms with Gasteiger partial charge < -0.3 is 9.84 Å². The molecule has 2 rings (SSSR count). The Balaban J connectivity index is 1.97. The molecule has 0 aliphatic carbocycles. The molecule has 0 bridgehead atoms. The summed E-state index contributed by atoms with van der Waals surface area (Å²) in [6.07, 6.45) is 1.90. The first kappa shape index (κ1) is 11.9. The second-order valence-corrected chi connectivity index (χ2v) is 5.08. The highest BCUT2D eigenvalue weighted by Gasteiger charge is 2.40. The third-order valence-corrected chi connectivity index (χ3v) is 4.29. The van der Waals surface area contributed by atoms with Gasteiger partial charge in [-0.25, -0.2) is 0 Å². The van der Waals surface area contributed by atoms with Crippen LogP contribution >= 0.6 is 0 Å². The van der Waals surface area contributed by atoms with Crippen LogP contribution in [0.25, 0.3) is 0 Å². The van der Waals surface area contributed by atoms with Crippen molar-refractivity contribution in [3.05, 3.63) is 0 Å². The Morgan fingerprint density at radius 2 is 2.25 bits per heavy atom. The SMILES string of the molecule is CC(C1CCOC1)N1CCC(C(=O)O)C1C. The number of nitrogens with zero attached hydrogens (tertiary/aromatic N) is 1. The summed E-state index contributed by atoms with van der Waals surface area (Å²) >= 11 is 0. The first-order valence-corrected chi connectivity index (χ1v) is 6.17. The molecule has 0 aromatic carbocycles. The van der Waals surface area contributed by atoms with Crippen molar-refractivity contribution in [2.75, 3.05) is 19.8 Å². The van der Waals surface area contributed by atoms with Gasteiger partial charge in [0.25, 0.3) is 0 Å². The third kappa shape index (κ3) is 2.09. The van der Waals surface area contributed by atoms with Crippen LogP contribution < -0.4 is 0 Å². The smallest absolute Gasteiger partial charge is 0.308 e. The molecule has 2 saturated heterocycles. The molecule has 2 aliphatic rings. The number of ether oxygens (including phenoxy) is 1. The summed E-state index contributed by atoms with van der Waals surface area (Å²) < 4.78 is 5.40. The second kappa shape index (κ2) is 4.72. The van der Waals surface area contributed by atoms with Gasteiger partial charge in [0.05, 0.1) is 12.5 Å². The van der Waals surface area contributed by atoms with Crippen molar-refractivity contribution in [3.63, 3.8) is 0 Å². The number of carbonyl (C=O) groups is 1. The number of carboxylic acid groups (broad SMARTS) is 1. The highest BCUT2D eigenvalue weighted by Crippen LogP contribution is 2.31. The molecule has 0 saturated carbocycles. The maximum Gasteiger partial charge on any atom is 0.308 e. The Hall–Kier alpha value is -0.610. The normalized spacial score (nSPS) is 37.8. The quantitative estimate of drug-likeness (QED) is 0.787. The Labute approximate surface area is 96.6 Å². The number of hydrogen-bond acceptors (Lipinski definition) is 3. The lowest BCUT2D eigenvalue weighted by Gasteiger charge is -2.33. The molecule has 4 unspecified atom stereocenters. The fourth-order valence-electron chi connectivity index (χ4n) is 3.07. The van der Waals surface area contributed by atoms with Crippen LogP contribution in [-0.2, 0) is 9.53 Å². The molecular formula is C12H21NO3. The topological polar surface area (TPSA) is 49.8 Å². The fraction of sp³-hybridized carbons (Fsp3) is 0.917. The van der Waals surface area contributed by atoms with Gasteiger partial charge in [0, 0.05) is 18.7 Å². The van der Waals surface area contributed by atoms with Gasteiger partial charge in [0.1, 0.15) is 0 Å². The van der Waals surface area contributed by atoms with Gasteiger partial charge in [-0.3, -0.25) is 9.69 Å². The van der Waals surface area contributed by atoms with Gasteiger partial charge in [-0.1, -0.05) is 0 Å². The number of aliphatic carboxylic acids is 1. The van der Waals surface area contributed by atoms with Crippen LogP contribution in [0.4, 0.5) is 0 Å². The summed E-state index contributed by atoms with van der Waals surface area (Å²) in [4.78, 5) is 13.4. The highest BCUT2D eigenvalue weighted by molar-refractivity contribution is 5.71. The zero-order valence-electron chi connectivity index (χ0n) is 10.1. The van der Waals surface area contributed by atoms with Crippen LogP contribution in [0.3, 0.4) is 0 Å². The molecule has 0 aromatic rings. The Kier molecular flexibility index (Phi) is 3.50. The van der Waals surface area contributed by atoms with Gasteiger partial charge in [0.2, 0.25) is 0 Å². The Bertz CT molecular complexity index is 263. The predicted molar refractivity (Wildman–Crippen MR) is 60.3 cm³/mol. The van der Waals surface area contributed by atoms with Crippen molar-refractivity contribution in [2.45, 2.75) is 38.8 Å². The molecule has 92 valence electrons. The van der Waals surface area contributed by atoms with Crippen molar-refractivity contribution in [1.29, 1.82) is 0 Å². The maximum atomic E-state index is 11.1. The molecule has 16 heavy (non-hydrogen) atoms. The minimum absolute atomic E-state index is 0.160. The van der Waals surface area contributed by atoms with Crippen LogP contribution in [0.15, 0.2) is 0 Å². The van der Waals surface area contributed by atoms with Crippen molar-refractivity contribution in [3.8, 4) is 0 Å². The zero-order chi connectivity index (χ0) is 11.7. The maximum absolute atomic E-state index is 11.1. The van der Waals surface area contributed by atoms with E-state index in [0.29, 0.717) is 12.0 Å². The molecule has 0 radical (unpaired) electrons. The van der Waals surface area contributed by atoms with E-state index < -0.39 is 5.97 Å². The summed E-state index contributed by atoms with van der Waals surface area (Å²) in [6, 6.07) is 0.606. The highest BCUT2D eigenvalue weighted by atomic mass is 16.5. The van der Waals surface area contributed by atoms with Gasteiger partial charge in [0.15, 0.2) is 0 Å². The van der Waals surface area contributed by atoms with E-state index in [1.165, 1.54) is 0 Å². The van der Waals surface area contributed by atoms with Crippen LogP contribution in [0, 0.1) is 11.8 Å². The molecule has 1 N–H and O–H groups in total. The lowest BCUT2D eigenvalue weighted by molar-refractivity contribution is -0.142. The molecular weight excluding hydrogens is 206 g/mol. The molecule has 2 fully saturated rings. The Morgan fingerprint density at radius 1 is 1.50 bits per heavy atom. The number of rotatable bonds is 3. The summed E-state index contributed by atoms with van der Waals surface area (Å²) in [5.41, 5.74) is 0. The van der Waals surface area contributed by atoms with Gasteiger partial charge in [-0.2, -0.15) is 0 Å². The van der Waals surface area contributed by atoms with Crippen molar-refractivity contribution in [2.24, 2.45) is 11.8 Å². The van der Waals surface area contributed by atoms with Crippen LogP contribution in [0.5, 0.6) is 0 Å². The van der Waals surface area contributed by atoms with Crippen LogP contribution in [0.1, 0.15) is 26.7 Å². The van der Waals surface area contributed by atoms with Crippen LogP contribution in [-0.4, -0.2) is 47.8 Å². The minimum atomic E-state index is -0.648. The minimum Gasteiger partial charge on any atom is -0.481 e. The Morgan fingerprint density at radius 3 is 2.75 bits per heavy atom. The molecule has 0 amide bonds. The van der Waals surface area contributed by atoms with Gasteiger partial charge in [-0.05, 0) is 39.2 Å². The van der Waals surface area contributed by atoms with E-state index in [4.69, 9.17) is 9.84 Å². The number of likely N-dealkylation sites (tertiary alicyclic amines) is 1. The first-order valence-electron chi connectivity index (χ1n) is 6.17. The monoisotopic (exact) mass is 227 g/mol. The van der Waals surface area contributed by atoms with Crippen molar-refractivity contribution < 1.29 is 14.6 Å². The van der Waals surface area contributed by atoms with Crippen LogP contribution in [0.2, 0.25) is 0 Å². The standard InChI is InChI=1S/C12H21NO3/c1-8(10-4-6-16-7-10)13-5-3-11(9(13)2)12(14)15/h8-11H,3-7H2,1-2H3,(H,14,15). The average Bonchev–Trinajstić information content (AvgIpc) is 2.84. The van der Waals surface area contributed by atoms with E-state index in [2.05, 4.69) is 11.8 Å². The third-order valence-electron chi connectivity index (χ3n) is 4.29. The summed E-state index contributed by atoms with van der Waals surface area (Å²) in [5, 5.41) is 9.10. The lowest BCUT2D eigenvalue weighted by Crippen LogP contribution is -2.43. The van der Waals surface area contributed by atoms with E-state index in [-0.39, 0.29) is 12.0 Å². The molecule has 0 spiro atoms. The number of hydrogen-bond donors (Lipinski definition) is 1. The van der Waals surface area contributed by atoms with E-state index in [9.17, 15) is 4.79 Å². The average molecular weight is 227 g/mol. The van der Waals surface area contributed by atoms with E-state index in [1.807, 2.05) is 6.92 Å². The second-order valence-electron chi connectivity index (χ2n) is 5.08. The van der Waals surface area contributed by atoms with E-state index in [0.717, 1.165) is 32.6 Å². The van der Waals surface area contributed by atoms with E-state index >= 15 is 0 Å². The molecule has 4 nitrogen and oxygen atoms in total. The van der Waals surface area contributed by atoms with Crippen molar-refractivity contribution >= 4 is 5.97 Å². The predicted octanol–water partition coefficient (Wildman–Crippen LogP) is 1.21. The molecule has 2 heterocycles. The number of carboxylic acids is 1. The molecule has 4 heteroatoms. The molecule has 0 aromatic heterocycles.